The number of pyridine rings is 1. The molecule has 0 unspecified atom stereocenters. The maximum absolute atomic E-state index is 11.7. The van der Waals surface area contributed by atoms with Crippen LogP contribution in [0, 0.1) is 17.0 Å². The second kappa shape index (κ2) is 5.66. The maximum Gasteiger partial charge on any atom is 0.350 e. The van der Waals surface area contributed by atoms with Crippen LogP contribution in [0.1, 0.15) is 14.5 Å². The van der Waals surface area contributed by atoms with E-state index in [4.69, 9.17) is 0 Å². The Bertz CT molecular complexity index is 668. The summed E-state index contributed by atoms with van der Waals surface area (Å²) in [5.74, 6) is -0.412. The van der Waals surface area contributed by atoms with Crippen molar-refractivity contribution in [3.05, 3.63) is 44.3 Å². The van der Waals surface area contributed by atoms with Crippen LogP contribution in [0.15, 0.2) is 24.4 Å². The van der Waals surface area contributed by atoms with Crippen molar-refractivity contribution < 1.29 is 14.5 Å². The van der Waals surface area contributed by atoms with Crippen LogP contribution < -0.4 is 5.32 Å². The summed E-state index contributed by atoms with van der Waals surface area (Å²) in [6, 6.07) is 4.53. The average Bonchev–Trinajstić information content (AvgIpc) is 2.79. The molecule has 0 aliphatic heterocycles. The molecule has 2 aromatic heterocycles. The topological polar surface area (TPSA) is 94.4 Å². The summed E-state index contributed by atoms with van der Waals surface area (Å²) in [4.78, 5) is 27.2. The van der Waals surface area contributed by atoms with Gasteiger partial charge in [-0.05, 0) is 19.1 Å². The smallest absolute Gasteiger partial charge is 0.350 e. The molecule has 2 rings (SSSR count). The minimum absolute atomic E-state index is 0.0838. The minimum atomic E-state index is -0.535. The van der Waals surface area contributed by atoms with Crippen molar-refractivity contribution in [2.24, 2.45) is 0 Å². The van der Waals surface area contributed by atoms with E-state index in [0.29, 0.717) is 10.6 Å². The Morgan fingerprint density at radius 1 is 1.55 bits per heavy atom. The molecule has 0 saturated heterocycles. The average molecular weight is 293 g/mol. The highest BCUT2D eigenvalue weighted by Crippen LogP contribution is 2.32. The number of methoxy groups -OCH3 is 1. The lowest BCUT2D eigenvalue weighted by molar-refractivity contribution is -0.384. The lowest BCUT2D eigenvalue weighted by atomic mass is 10.3. The van der Waals surface area contributed by atoms with E-state index in [1.54, 1.807) is 6.07 Å². The number of thiophene rings is 1. The number of esters is 1. The Hall–Kier alpha value is -2.48. The fourth-order valence-electron chi connectivity index (χ4n) is 1.62. The molecular weight excluding hydrogens is 282 g/mol. The number of aromatic nitrogens is 1. The van der Waals surface area contributed by atoms with Gasteiger partial charge in [-0.15, -0.1) is 11.3 Å². The van der Waals surface area contributed by atoms with E-state index >= 15 is 0 Å². The third-order valence-electron chi connectivity index (χ3n) is 2.46. The second-order valence-corrected chi connectivity index (χ2v) is 5.10. The van der Waals surface area contributed by atoms with Gasteiger partial charge in [0.05, 0.1) is 17.7 Å². The molecule has 104 valence electrons. The first-order valence-electron chi connectivity index (χ1n) is 5.58. The van der Waals surface area contributed by atoms with Gasteiger partial charge in [-0.2, -0.15) is 0 Å². The largest absolute Gasteiger partial charge is 0.465 e. The zero-order valence-electron chi connectivity index (χ0n) is 10.7. The summed E-state index contributed by atoms with van der Waals surface area (Å²) in [5.41, 5.74) is 0.285. The van der Waals surface area contributed by atoms with Crippen LogP contribution in [0.5, 0.6) is 0 Å². The maximum atomic E-state index is 11.7. The molecule has 0 amide bonds. The predicted octanol–water partition coefficient (Wildman–Crippen LogP) is 2.89. The SMILES string of the molecule is COC(=O)c1sc(C)cc1Nc1ncccc1[N+](=O)[O-]. The van der Waals surface area contributed by atoms with Gasteiger partial charge in [0.15, 0.2) is 0 Å². The zero-order valence-corrected chi connectivity index (χ0v) is 11.6. The summed E-state index contributed by atoms with van der Waals surface area (Å²) < 4.78 is 4.68. The molecule has 8 heteroatoms. The molecule has 0 radical (unpaired) electrons. The molecule has 7 nitrogen and oxygen atoms in total. The van der Waals surface area contributed by atoms with Crippen LogP contribution in [0.4, 0.5) is 17.2 Å². The fraction of sp³-hybridized carbons (Fsp3) is 0.167. The lowest BCUT2D eigenvalue weighted by Crippen LogP contribution is -2.04. The third kappa shape index (κ3) is 2.75. The summed E-state index contributed by atoms with van der Waals surface area (Å²) in [5, 5.41) is 13.7. The van der Waals surface area contributed by atoms with Crippen LogP contribution in [0.25, 0.3) is 0 Å². The monoisotopic (exact) mass is 293 g/mol. The van der Waals surface area contributed by atoms with Gasteiger partial charge >= 0.3 is 11.7 Å². The number of rotatable bonds is 4. The van der Waals surface area contributed by atoms with E-state index in [-0.39, 0.29) is 11.5 Å². The molecular formula is C12H11N3O4S. The number of hydrogen-bond acceptors (Lipinski definition) is 7. The highest BCUT2D eigenvalue weighted by atomic mass is 32.1. The Morgan fingerprint density at radius 2 is 2.30 bits per heavy atom. The quantitative estimate of drug-likeness (QED) is 0.529. The van der Waals surface area contributed by atoms with E-state index in [9.17, 15) is 14.9 Å². The van der Waals surface area contributed by atoms with Gasteiger partial charge in [0.1, 0.15) is 4.88 Å². The molecule has 0 aliphatic carbocycles. The molecule has 0 aliphatic rings. The van der Waals surface area contributed by atoms with Crippen LogP contribution >= 0.6 is 11.3 Å². The molecule has 2 heterocycles. The van der Waals surface area contributed by atoms with Gasteiger partial charge < -0.3 is 10.1 Å². The highest BCUT2D eigenvalue weighted by Gasteiger charge is 2.20. The van der Waals surface area contributed by atoms with Crippen LogP contribution in [0.3, 0.4) is 0 Å². The Balaban J connectivity index is 2.40. The van der Waals surface area contributed by atoms with E-state index < -0.39 is 10.9 Å². The summed E-state index contributed by atoms with van der Waals surface area (Å²) >= 11 is 1.25. The van der Waals surface area contributed by atoms with Crippen LogP contribution in [0.2, 0.25) is 0 Å². The summed E-state index contributed by atoms with van der Waals surface area (Å²) in [6.07, 6.45) is 1.44. The van der Waals surface area contributed by atoms with E-state index in [0.717, 1.165) is 4.88 Å². The van der Waals surface area contributed by atoms with Crippen molar-refractivity contribution in [1.29, 1.82) is 0 Å². The normalized spacial score (nSPS) is 10.1. The first kappa shape index (κ1) is 13.9. The van der Waals surface area contributed by atoms with Crippen molar-refractivity contribution in [3.63, 3.8) is 0 Å². The number of hydrogen-bond donors (Lipinski definition) is 1. The van der Waals surface area contributed by atoms with Crippen molar-refractivity contribution in [2.75, 3.05) is 12.4 Å². The Morgan fingerprint density at radius 3 is 2.95 bits per heavy atom. The highest BCUT2D eigenvalue weighted by molar-refractivity contribution is 7.14. The number of carbonyl (C=O) groups is 1. The molecule has 0 bridgehead atoms. The second-order valence-electron chi connectivity index (χ2n) is 3.84. The first-order chi connectivity index (χ1) is 9.52. The van der Waals surface area contributed by atoms with E-state index in [1.807, 2.05) is 6.92 Å². The number of nitrogens with zero attached hydrogens (tertiary/aromatic N) is 2. The number of nitrogens with one attached hydrogen (secondary N) is 1. The summed E-state index contributed by atoms with van der Waals surface area (Å²) in [6.45, 7) is 1.83. The van der Waals surface area contributed by atoms with Crippen molar-refractivity contribution in [2.45, 2.75) is 6.92 Å². The van der Waals surface area contributed by atoms with Crippen LogP contribution in [-0.2, 0) is 4.74 Å². The lowest BCUT2D eigenvalue weighted by Gasteiger charge is -2.05. The van der Waals surface area contributed by atoms with Crippen molar-refractivity contribution in [3.8, 4) is 0 Å². The number of aryl methyl sites for hydroxylation is 1. The molecule has 1 N–H and O–H groups in total. The van der Waals surface area contributed by atoms with Gasteiger partial charge in [0.2, 0.25) is 5.82 Å². The molecule has 2 aromatic rings. The Kier molecular flexibility index (Phi) is 3.94. The minimum Gasteiger partial charge on any atom is -0.465 e. The fourth-order valence-corrected chi connectivity index (χ4v) is 2.50. The van der Waals surface area contributed by atoms with E-state index in [2.05, 4.69) is 15.0 Å². The molecule has 0 atom stereocenters. The Labute approximate surface area is 118 Å². The van der Waals surface area contributed by atoms with Gasteiger partial charge in [0, 0.05) is 17.1 Å². The van der Waals surface area contributed by atoms with E-state index in [1.165, 1.54) is 36.8 Å². The van der Waals surface area contributed by atoms with Crippen molar-refractivity contribution in [1.82, 2.24) is 4.98 Å². The zero-order chi connectivity index (χ0) is 14.7. The number of ether oxygens (including phenoxy) is 1. The number of nitro groups is 1. The van der Waals surface area contributed by atoms with Crippen LogP contribution in [-0.4, -0.2) is 23.0 Å². The number of carbonyl (C=O) groups excluding carboxylic acids is 1. The molecule has 0 aromatic carbocycles. The molecule has 0 spiro atoms. The third-order valence-corrected chi connectivity index (χ3v) is 3.49. The van der Waals surface area contributed by atoms with Gasteiger partial charge in [-0.3, -0.25) is 10.1 Å². The standard InChI is InChI=1S/C12H11N3O4S/c1-7-6-8(10(20-7)12(16)19-2)14-11-9(15(17)18)4-3-5-13-11/h3-6H,1-2H3,(H,13,14). The summed E-state index contributed by atoms with van der Waals surface area (Å²) in [7, 11) is 1.28. The molecule has 0 fully saturated rings. The van der Waals surface area contributed by atoms with Gasteiger partial charge in [0.25, 0.3) is 0 Å². The molecule has 0 saturated carbocycles. The van der Waals surface area contributed by atoms with Gasteiger partial charge in [-0.25, -0.2) is 9.78 Å². The van der Waals surface area contributed by atoms with Crippen molar-refractivity contribution >= 4 is 34.5 Å². The van der Waals surface area contributed by atoms with Gasteiger partial charge in [-0.1, -0.05) is 0 Å². The first-order valence-corrected chi connectivity index (χ1v) is 6.39. The predicted molar refractivity (Wildman–Crippen MR) is 74.6 cm³/mol. The number of anilines is 2. The molecule has 20 heavy (non-hydrogen) atoms.